The standard InChI is InChI=1S/C22H19F3N2O3/c23-22(24,25)17-7-3-1-5-14(17)13-30-20(28)12-11-19-26-18-8-4-2-6-16(18)21(29)27(19)15-9-10-15/h1-8,15H,9-13H2. The molecule has 1 heterocycles. The van der Waals surface area contributed by atoms with Gasteiger partial charge in [-0.2, -0.15) is 13.2 Å². The Bertz CT molecular complexity index is 1150. The highest BCUT2D eigenvalue weighted by Crippen LogP contribution is 2.35. The zero-order valence-corrected chi connectivity index (χ0v) is 16.0. The molecule has 8 heteroatoms. The van der Waals surface area contributed by atoms with Gasteiger partial charge < -0.3 is 4.74 Å². The van der Waals surface area contributed by atoms with Crippen molar-refractivity contribution in [2.24, 2.45) is 0 Å². The second-order valence-corrected chi connectivity index (χ2v) is 7.27. The lowest BCUT2D eigenvalue weighted by Gasteiger charge is -2.14. The van der Waals surface area contributed by atoms with E-state index in [0.29, 0.717) is 16.7 Å². The van der Waals surface area contributed by atoms with Crippen LogP contribution in [0.5, 0.6) is 0 Å². The summed E-state index contributed by atoms with van der Waals surface area (Å²) in [5.41, 5.74) is -0.499. The van der Waals surface area contributed by atoms with Gasteiger partial charge in [-0.3, -0.25) is 14.2 Å². The molecule has 1 aliphatic rings. The number of carbonyl (C=O) groups excluding carboxylic acids is 1. The van der Waals surface area contributed by atoms with Gasteiger partial charge in [0.1, 0.15) is 12.4 Å². The molecule has 1 aliphatic carbocycles. The molecule has 3 aromatic rings. The minimum Gasteiger partial charge on any atom is -0.461 e. The fourth-order valence-electron chi connectivity index (χ4n) is 3.44. The van der Waals surface area contributed by atoms with Crippen LogP contribution in [0.3, 0.4) is 0 Å². The first-order chi connectivity index (χ1) is 14.3. The van der Waals surface area contributed by atoms with Crippen molar-refractivity contribution < 1.29 is 22.7 Å². The molecule has 1 saturated carbocycles. The van der Waals surface area contributed by atoms with Crippen LogP contribution in [0, 0.1) is 0 Å². The molecule has 0 aliphatic heterocycles. The van der Waals surface area contributed by atoms with Crippen LogP contribution < -0.4 is 5.56 Å². The lowest BCUT2D eigenvalue weighted by Crippen LogP contribution is -2.25. The molecule has 0 atom stereocenters. The van der Waals surface area contributed by atoms with Gasteiger partial charge in [0.2, 0.25) is 0 Å². The third-order valence-electron chi connectivity index (χ3n) is 5.06. The minimum atomic E-state index is -4.52. The Morgan fingerprint density at radius 1 is 1.10 bits per heavy atom. The molecular weight excluding hydrogens is 397 g/mol. The Kier molecular flexibility index (Phi) is 5.32. The zero-order valence-electron chi connectivity index (χ0n) is 16.0. The van der Waals surface area contributed by atoms with Crippen LogP contribution in [0.15, 0.2) is 53.3 Å². The zero-order chi connectivity index (χ0) is 21.3. The topological polar surface area (TPSA) is 61.2 Å². The highest BCUT2D eigenvalue weighted by atomic mass is 19.4. The number of aromatic nitrogens is 2. The van der Waals surface area contributed by atoms with E-state index in [9.17, 15) is 22.8 Å². The van der Waals surface area contributed by atoms with E-state index < -0.39 is 24.3 Å². The first-order valence-corrected chi connectivity index (χ1v) is 9.65. The van der Waals surface area contributed by atoms with Gasteiger partial charge in [-0.1, -0.05) is 30.3 Å². The predicted octanol–water partition coefficient (Wildman–Crippen LogP) is 4.43. The van der Waals surface area contributed by atoms with Crippen LogP contribution in [0.25, 0.3) is 10.9 Å². The van der Waals surface area contributed by atoms with Crippen molar-refractivity contribution in [2.75, 3.05) is 0 Å². The average molecular weight is 416 g/mol. The van der Waals surface area contributed by atoms with Crippen molar-refractivity contribution in [1.82, 2.24) is 9.55 Å². The second kappa shape index (κ2) is 7.93. The Balaban J connectivity index is 1.47. The number of benzene rings is 2. The Hall–Kier alpha value is -3.16. The number of esters is 1. The first-order valence-electron chi connectivity index (χ1n) is 9.65. The molecule has 0 amide bonds. The molecule has 0 N–H and O–H groups in total. The van der Waals surface area contributed by atoms with Crippen molar-refractivity contribution in [3.8, 4) is 0 Å². The highest BCUT2D eigenvalue weighted by Gasteiger charge is 2.33. The fraction of sp³-hybridized carbons (Fsp3) is 0.318. The van der Waals surface area contributed by atoms with Crippen LogP contribution >= 0.6 is 0 Å². The van der Waals surface area contributed by atoms with E-state index >= 15 is 0 Å². The number of hydrogen-bond donors (Lipinski definition) is 0. The molecule has 0 unspecified atom stereocenters. The molecule has 0 spiro atoms. The smallest absolute Gasteiger partial charge is 0.416 e. The maximum absolute atomic E-state index is 13.1. The normalized spacial score (nSPS) is 14.1. The van der Waals surface area contributed by atoms with E-state index in [1.54, 1.807) is 28.8 Å². The molecular formula is C22H19F3N2O3. The lowest BCUT2D eigenvalue weighted by molar-refractivity contribution is -0.147. The molecule has 30 heavy (non-hydrogen) atoms. The molecule has 2 aromatic carbocycles. The van der Waals surface area contributed by atoms with E-state index in [-0.39, 0.29) is 30.0 Å². The summed E-state index contributed by atoms with van der Waals surface area (Å²) in [6.45, 7) is -0.463. The summed E-state index contributed by atoms with van der Waals surface area (Å²) >= 11 is 0. The Labute approximate surface area is 170 Å². The van der Waals surface area contributed by atoms with Gasteiger partial charge in [0.25, 0.3) is 5.56 Å². The molecule has 4 rings (SSSR count). The number of halogens is 3. The molecule has 1 fully saturated rings. The molecule has 5 nitrogen and oxygen atoms in total. The molecule has 1 aromatic heterocycles. The third-order valence-corrected chi connectivity index (χ3v) is 5.06. The lowest BCUT2D eigenvalue weighted by atomic mass is 10.1. The third kappa shape index (κ3) is 4.22. The number of hydrogen-bond acceptors (Lipinski definition) is 4. The van der Waals surface area contributed by atoms with E-state index in [4.69, 9.17) is 4.74 Å². The number of nitrogens with zero attached hydrogens (tertiary/aromatic N) is 2. The summed E-state index contributed by atoms with van der Waals surface area (Å²) in [5, 5.41) is 0.527. The summed E-state index contributed by atoms with van der Waals surface area (Å²) in [7, 11) is 0. The van der Waals surface area contributed by atoms with Crippen molar-refractivity contribution in [1.29, 1.82) is 0 Å². The number of fused-ring (bicyclic) bond motifs is 1. The quantitative estimate of drug-likeness (QED) is 0.558. The molecule has 156 valence electrons. The summed E-state index contributed by atoms with van der Waals surface area (Å²) in [6.07, 6.45) is -2.66. The molecule has 0 saturated heterocycles. The summed E-state index contributed by atoms with van der Waals surface area (Å²) < 4.78 is 45.9. The molecule has 0 radical (unpaired) electrons. The molecule has 0 bridgehead atoms. The van der Waals surface area contributed by atoms with Crippen molar-refractivity contribution in [3.05, 3.63) is 75.8 Å². The van der Waals surface area contributed by atoms with Gasteiger partial charge in [0.15, 0.2) is 0 Å². The fourth-order valence-corrected chi connectivity index (χ4v) is 3.44. The van der Waals surface area contributed by atoms with Gasteiger partial charge in [-0.15, -0.1) is 0 Å². The number of aryl methyl sites for hydroxylation is 1. The second-order valence-electron chi connectivity index (χ2n) is 7.27. The van der Waals surface area contributed by atoms with Crippen LogP contribution in [0.1, 0.15) is 42.3 Å². The highest BCUT2D eigenvalue weighted by molar-refractivity contribution is 5.77. The number of alkyl halides is 3. The minimum absolute atomic E-state index is 0.0777. The van der Waals surface area contributed by atoms with Crippen LogP contribution in [0.4, 0.5) is 13.2 Å². The van der Waals surface area contributed by atoms with E-state index in [1.807, 2.05) is 0 Å². The van der Waals surface area contributed by atoms with Crippen molar-refractivity contribution in [2.45, 2.75) is 44.5 Å². The van der Waals surface area contributed by atoms with Crippen LogP contribution in [-0.2, 0) is 28.7 Å². The van der Waals surface area contributed by atoms with Gasteiger partial charge in [-0.25, -0.2) is 4.98 Å². The number of carbonyl (C=O) groups is 1. The van der Waals surface area contributed by atoms with Gasteiger partial charge in [-0.05, 0) is 31.0 Å². The van der Waals surface area contributed by atoms with Gasteiger partial charge in [0, 0.05) is 18.0 Å². The Morgan fingerprint density at radius 2 is 1.80 bits per heavy atom. The number of para-hydroxylation sites is 1. The average Bonchev–Trinajstić information content (AvgIpc) is 3.55. The summed E-state index contributed by atoms with van der Waals surface area (Å²) in [5.74, 6) is -0.148. The maximum atomic E-state index is 13.1. The van der Waals surface area contributed by atoms with Gasteiger partial charge in [0.05, 0.1) is 22.9 Å². The summed E-state index contributed by atoms with van der Waals surface area (Å²) in [6, 6.07) is 12.1. The predicted molar refractivity (Wildman–Crippen MR) is 104 cm³/mol. The van der Waals surface area contributed by atoms with Crippen LogP contribution in [-0.4, -0.2) is 15.5 Å². The van der Waals surface area contributed by atoms with Crippen LogP contribution in [0.2, 0.25) is 0 Å². The Morgan fingerprint density at radius 3 is 2.53 bits per heavy atom. The SMILES string of the molecule is O=C(CCc1nc2ccccc2c(=O)n1C1CC1)OCc1ccccc1C(F)(F)F. The summed E-state index contributed by atoms with van der Waals surface area (Å²) in [4.78, 5) is 29.5. The van der Waals surface area contributed by atoms with E-state index in [2.05, 4.69) is 4.98 Å². The van der Waals surface area contributed by atoms with E-state index in [0.717, 1.165) is 18.9 Å². The van der Waals surface area contributed by atoms with Crippen molar-refractivity contribution >= 4 is 16.9 Å². The first kappa shape index (κ1) is 20.1. The monoisotopic (exact) mass is 416 g/mol. The number of rotatable bonds is 6. The number of ether oxygens (including phenoxy) is 1. The largest absolute Gasteiger partial charge is 0.461 e. The van der Waals surface area contributed by atoms with Crippen molar-refractivity contribution in [3.63, 3.8) is 0 Å². The maximum Gasteiger partial charge on any atom is 0.416 e. The van der Waals surface area contributed by atoms with E-state index in [1.165, 1.54) is 18.2 Å². The van der Waals surface area contributed by atoms with Gasteiger partial charge >= 0.3 is 12.1 Å².